The van der Waals surface area contributed by atoms with Crippen molar-refractivity contribution in [1.29, 1.82) is 0 Å². The van der Waals surface area contributed by atoms with Crippen LogP contribution in [0.5, 0.6) is 0 Å². The number of aryl methyl sites for hydroxylation is 1. The maximum Gasteiger partial charge on any atom is 0.168 e. The summed E-state index contributed by atoms with van der Waals surface area (Å²) in [7, 11) is 1.95. The number of aromatic nitrogens is 3. The van der Waals surface area contributed by atoms with E-state index in [1.165, 1.54) is 0 Å². The number of rotatable bonds is 2. The normalized spacial score (nSPS) is 10.6. The van der Waals surface area contributed by atoms with Gasteiger partial charge in [-0.3, -0.25) is 0 Å². The van der Waals surface area contributed by atoms with Crippen molar-refractivity contribution in [3.8, 4) is 10.8 Å². The average Bonchev–Trinajstić information content (AvgIpc) is 2.71. The standard InChI is InChI=1S/C8H8ClN3S/c1-12-3-2-10-7(12)8-11-6(4-9)5-13-8/h2-3,5H,4H2,1H3. The summed E-state index contributed by atoms with van der Waals surface area (Å²) in [6, 6.07) is 0. The molecule has 0 atom stereocenters. The highest BCUT2D eigenvalue weighted by Crippen LogP contribution is 2.21. The number of imidazole rings is 1. The van der Waals surface area contributed by atoms with E-state index in [9.17, 15) is 0 Å². The Labute approximate surface area is 85.0 Å². The zero-order valence-corrected chi connectivity index (χ0v) is 8.64. The monoisotopic (exact) mass is 213 g/mol. The first-order valence-corrected chi connectivity index (χ1v) is 5.20. The number of thiazole rings is 1. The lowest BCUT2D eigenvalue weighted by Crippen LogP contribution is -1.90. The highest BCUT2D eigenvalue weighted by molar-refractivity contribution is 7.13. The molecule has 0 N–H and O–H groups in total. The van der Waals surface area contributed by atoms with Gasteiger partial charge in [0.25, 0.3) is 0 Å². The molecule has 0 radical (unpaired) electrons. The first-order valence-electron chi connectivity index (χ1n) is 3.79. The third-order valence-corrected chi connectivity index (χ3v) is 2.86. The van der Waals surface area contributed by atoms with Crippen molar-refractivity contribution in [2.24, 2.45) is 7.05 Å². The molecule has 0 fully saturated rings. The van der Waals surface area contributed by atoms with Gasteiger partial charge in [0, 0.05) is 24.8 Å². The van der Waals surface area contributed by atoms with Gasteiger partial charge in [0.1, 0.15) is 0 Å². The van der Waals surface area contributed by atoms with E-state index in [2.05, 4.69) is 9.97 Å². The summed E-state index contributed by atoms with van der Waals surface area (Å²) in [5.74, 6) is 1.35. The van der Waals surface area contributed by atoms with E-state index >= 15 is 0 Å². The average molecular weight is 214 g/mol. The van der Waals surface area contributed by atoms with Crippen LogP contribution in [0.2, 0.25) is 0 Å². The molecule has 0 aliphatic rings. The Morgan fingerprint density at radius 2 is 2.46 bits per heavy atom. The molecule has 0 spiro atoms. The highest BCUT2D eigenvalue weighted by atomic mass is 35.5. The van der Waals surface area contributed by atoms with Gasteiger partial charge in [0.15, 0.2) is 10.8 Å². The van der Waals surface area contributed by atoms with Crippen molar-refractivity contribution < 1.29 is 0 Å². The van der Waals surface area contributed by atoms with Crippen LogP contribution < -0.4 is 0 Å². The fourth-order valence-corrected chi connectivity index (χ4v) is 2.13. The smallest absolute Gasteiger partial charge is 0.168 e. The van der Waals surface area contributed by atoms with Gasteiger partial charge in [-0.05, 0) is 0 Å². The molecule has 3 nitrogen and oxygen atoms in total. The van der Waals surface area contributed by atoms with Gasteiger partial charge in [-0.25, -0.2) is 9.97 Å². The molecule has 0 amide bonds. The fraction of sp³-hybridized carbons (Fsp3) is 0.250. The van der Waals surface area contributed by atoms with Crippen LogP contribution in [0.25, 0.3) is 10.8 Å². The predicted octanol–water partition coefficient (Wildman–Crippen LogP) is 2.28. The van der Waals surface area contributed by atoms with E-state index < -0.39 is 0 Å². The minimum atomic E-state index is 0.459. The summed E-state index contributed by atoms with van der Waals surface area (Å²) in [6.45, 7) is 0. The molecule has 0 saturated heterocycles. The molecule has 2 rings (SSSR count). The van der Waals surface area contributed by atoms with Gasteiger partial charge in [-0.2, -0.15) is 0 Å². The lowest BCUT2D eigenvalue weighted by Gasteiger charge is -1.94. The van der Waals surface area contributed by atoms with E-state index in [-0.39, 0.29) is 0 Å². The van der Waals surface area contributed by atoms with Gasteiger partial charge < -0.3 is 4.57 Å². The Morgan fingerprint density at radius 3 is 3.00 bits per heavy atom. The van der Waals surface area contributed by atoms with Crippen LogP contribution in [0.15, 0.2) is 17.8 Å². The lowest BCUT2D eigenvalue weighted by atomic mass is 10.5. The minimum absolute atomic E-state index is 0.459. The van der Waals surface area contributed by atoms with Crippen molar-refractivity contribution in [2.45, 2.75) is 5.88 Å². The number of hydrogen-bond acceptors (Lipinski definition) is 3. The molecule has 0 aliphatic carbocycles. The third kappa shape index (κ3) is 1.59. The molecular weight excluding hydrogens is 206 g/mol. The largest absolute Gasteiger partial charge is 0.332 e. The summed E-state index contributed by atoms with van der Waals surface area (Å²) < 4.78 is 1.94. The van der Waals surface area contributed by atoms with Crippen molar-refractivity contribution in [3.05, 3.63) is 23.5 Å². The van der Waals surface area contributed by atoms with E-state index in [0.29, 0.717) is 5.88 Å². The molecule has 2 heterocycles. The summed E-state index contributed by atoms with van der Waals surface area (Å²) >= 11 is 7.23. The second kappa shape index (κ2) is 3.47. The first-order chi connectivity index (χ1) is 6.31. The SMILES string of the molecule is Cn1ccnc1-c1nc(CCl)cs1. The number of halogens is 1. The Hall–Kier alpha value is -0.870. The van der Waals surface area contributed by atoms with Gasteiger partial charge in [-0.1, -0.05) is 0 Å². The Balaban J connectivity index is 2.41. The zero-order valence-electron chi connectivity index (χ0n) is 7.07. The van der Waals surface area contributed by atoms with Crippen LogP contribution in [-0.2, 0) is 12.9 Å². The third-order valence-electron chi connectivity index (χ3n) is 1.70. The predicted molar refractivity (Wildman–Crippen MR) is 53.9 cm³/mol. The summed E-state index contributed by atoms with van der Waals surface area (Å²) in [6.07, 6.45) is 3.66. The molecule has 68 valence electrons. The summed E-state index contributed by atoms with van der Waals surface area (Å²) in [5, 5.41) is 2.87. The van der Waals surface area contributed by atoms with E-state index in [0.717, 1.165) is 16.5 Å². The summed E-state index contributed by atoms with van der Waals surface area (Å²) in [5.41, 5.74) is 0.907. The van der Waals surface area contributed by atoms with Gasteiger partial charge >= 0.3 is 0 Å². The van der Waals surface area contributed by atoms with E-state index in [4.69, 9.17) is 11.6 Å². The molecule has 2 aromatic rings. The number of alkyl halides is 1. The van der Waals surface area contributed by atoms with Crippen LogP contribution in [0.4, 0.5) is 0 Å². The second-order valence-corrected chi connectivity index (χ2v) is 3.76. The maximum atomic E-state index is 5.66. The van der Waals surface area contributed by atoms with Crippen LogP contribution in [0.3, 0.4) is 0 Å². The van der Waals surface area contributed by atoms with Gasteiger partial charge in [0.2, 0.25) is 0 Å². The molecule has 0 aromatic carbocycles. The zero-order chi connectivity index (χ0) is 9.26. The number of nitrogens with zero attached hydrogens (tertiary/aromatic N) is 3. The topological polar surface area (TPSA) is 30.7 Å². The fourth-order valence-electron chi connectivity index (χ4n) is 1.04. The molecule has 2 aromatic heterocycles. The second-order valence-electron chi connectivity index (χ2n) is 2.64. The van der Waals surface area contributed by atoms with Gasteiger partial charge in [-0.15, -0.1) is 22.9 Å². The van der Waals surface area contributed by atoms with Crippen LogP contribution >= 0.6 is 22.9 Å². The Kier molecular flexibility index (Phi) is 2.33. The van der Waals surface area contributed by atoms with Crippen molar-refractivity contribution in [1.82, 2.24) is 14.5 Å². The Bertz CT molecular complexity index is 407. The van der Waals surface area contributed by atoms with Crippen LogP contribution in [-0.4, -0.2) is 14.5 Å². The lowest BCUT2D eigenvalue weighted by molar-refractivity contribution is 0.921. The highest BCUT2D eigenvalue weighted by Gasteiger charge is 2.07. The van der Waals surface area contributed by atoms with Crippen LogP contribution in [0, 0.1) is 0 Å². The quantitative estimate of drug-likeness (QED) is 0.717. The molecule has 0 bridgehead atoms. The molecular formula is C8H8ClN3S. The van der Waals surface area contributed by atoms with Gasteiger partial charge in [0.05, 0.1) is 11.6 Å². The maximum absolute atomic E-state index is 5.66. The Morgan fingerprint density at radius 1 is 1.62 bits per heavy atom. The van der Waals surface area contributed by atoms with Crippen molar-refractivity contribution in [2.75, 3.05) is 0 Å². The van der Waals surface area contributed by atoms with Crippen molar-refractivity contribution >= 4 is 22.9 Å². The molecule has 0 saturated carbocycles. The van der Waals surface area contributed by atoms with Crippen LogP contribution in [0.1, 0.15) is 5.69 Å². The number of hydrogen-bond donors (Lipinski definition) is 0. The molecule has 13 heavy (non-hydrogen) atoms. The molecule has 0 unspecified atom stereocenters. The molecule has 5 heteroatoms. The first kappa shape index (κ1) is 8.72. The van der Waals surface area contributed by atoms with Crippen molar-refractivity contribution in [3.63, 3.8) is 0 Å². The van der Waals surface area contributed by atoms with E-state index in [1.807, 2.05) is 23.2 Å². The minimum Gasteiger partial charge on any atom is -0.332 e. The summed E-state index contributed by atoms with van der Waals surface area (Å²) in [4.78, 5) is 8.54. The molecule has 0 aliphatic heterocycles. The van der Waals surface area contributed by atoms with E-state index in [1.54, 1.807) is 17.5 Å².